The summed E-state index contributed by atoms with van der Waals surface area (Å²) in [5, 5.41) is 0.795. The van der Waals surface area contributed by atoms with E-state index >= 15 is 0 Å². The van der Waals surface area contributed by atoms with Gasteiger partial charge in [-0.1, -0.05) is 6.07 Å². The second-order valence-electron chi connectivity index (χ2n) is 10.7. The van der Waals surface area contributed by atoms with Crippen molar-refractivity contribution in [2.75, 3.05) is 64.6 Å². The van der Waals surface area contributed by atoms with Crippen LogP contribution in [0.25, 0.3) is 10.9 Å². The van der Waals surface area contributed by atoms with Gasteiger partial charge in [-0.15, -0.1) is 0 Å². The first-order chi connectivity index (χ1) is 21.2. The van der Waals surface area contributed by atoms with E-state index in [1.54, 1.807) is 31.6 Å². The van der Waals surface area contributed by atoms with Gasteiger partial charge >= 0.3 is 0 Å². The third kappa shape index (κ3) is 7.21. The Bertz CT molecular complexity index is 1540. The summed E-state index contributed by atoms with van der Waals surface area (Å²) in [5.74, 6) is 3.25. The Hall–Kier alpha value is -4.28. The number of carbonyl (C=O) groups excluding carboxylic acids is 1. The molecular weight excluding hydrogens is 546 g/mol. The largest absolute Gasteiger partial charge is 0.493 e. The number of nitrogens with zero attached hydrogens (tertiary/aromatic N) is 5. The minimum atomic E-state index is -0.0615. The molecule has 0 unspecified atom stereocenters. The maximum atomic E-state index is 13.0. The maximum Gasteiger partial charge on any atom is 0.187 e. The van der Waals surface area contributed by atoms with Crippen molar-refractivity contribution in [2.45, 2.75) is 25.7 Å². The van der Waals surface area contributed by atoms with Crippen molar-refractivity contribution < 1.29 is 23.7 Å². The number of hydrogen-bond donors (Lipinski definition) is 0. The molecule has 0 aliphatic carbocycles. The summed E-state index contributed by atoms with van der Waals surface area (Å²) in [6, 6.07) is 14.8. The molecule has 0 radical (unpaired) electrons. The maximum absolute atomic E-state index is 13.0. The molecular formula is C33H37N5O5. The Balaban J connectivity index is 1.09. The molecule has 4 aromatic rings. The predicted octanol–water partition coefficient (Wildman–Crippen LogP) is 4.95. The van der Waals surface area contributed by atoms with Crippen LogP contribution >= 0.6 is 0 Å². The third-order valence-corrected chi connectivity index (χ3v) is 7.78. The van der Waals surface area contributed by atoms with Gasteiger partial charge in [-0.3, -0.25) is 19.7 Å². The zero-order chi connectivity index (χ0) is 29.4. The quantitative estimate of drug-likeness (QED) is 0.168. The molecule has 0 bridgehead atoms. The van der Waals surface area contributed by atoms with E-state index in [2.05, 4.69) is 24.8 Å². The summed E-state index contributed by atoms with van der Waals surface area (Å²) in [4.78, 5) is 31.2. The molecule has 0 saturated carbocycles. The molecule has 224 valence electrons. The van der Waals surface area contributed by atoms with E-state index in [4.69, 9.17) is 18.9 Å². The highest BCUT2D eigenvalue weighted by atomic mass is 16.5. The topological polar surface area (TPSA) is 99.1 Å². The number of morpholine rings is 1. The molecule has 2 aliphatic heterocycles. The summed E-state index contributed by atoms with van der Waals surface area (Å²) in [6.45, 7) is 7.04. The van der Waals surface area contributed by atoms with Gasteiger partial charge in [-0.05, 0) is 55.7 Å². The molecule has 0 amide bonds. The first-order valence-corrected chi connectivity index (χ1v) is 14.9. The van der Waals surface area contributed by atoms with Crippen molar-refractivity contribution in [2.24, 2.45) is 0 Å². The molecule has 0 N–H and O–H groups in total. The molecule has 10 nitrogen and oxygen atoms in total. The van der Waals surface area contributed by atoms with Gasteiger partial charge in [0.2, 0.25) is 0 Å². The summed E-state index contributed by atoms with van der Waals surface area (Å²) in [6.07, 6.45) is 6.73. The van der Waals surface area contributed by atoms with Crippen molar-refractivity contribution in [3.05, 3.63) is 72.3 Å². The van der Waals surface area contributed by atoms with Crippen molar-refractivity contribution in [3.63, 3.8) is 0 Å². The highest BCUT2D eigenvalue weighted by molar-refractivity contribution is 5.96. The number of aromatic nitrogens is 3. The molecule has 5 heterocycles. The number of methoxy groups -OCH3 is 1. The number of carbonyl (C=O) groups is 1. The molecule has 2 saturated heterocycles. The Kier molecular flexibility index (Phi) is 9.25. The lowest BCUT2D eigenvalue weighted by Crippen LogP contribution is -2.37. The number of rotatable bonds is 12. The van der Waals surface area contributed by atoms with E-state index in [1.165, 1.54) is 0 Å². The van der Waals surface area contributed by atoms with Crippen LogP contribution in [-0.2, 0) is 11.2 Å². The van der Waals surface area contributed by atoms with Crippen LogP contribution < -0.4 is 19.1 Å². The third-order valence-electron chi connectivity index (χ3n) is 7.78. The minimum absolute atomic E-state index is 0.0615. The molecule has 43 heavy (non-hydrogen) atoms. The summed E-state index contributed by atoms with van der Waals surface area (Å²) >= 11 is 0. The van der Waals surface area contributed by atoms with Crippen molar-refractivity contribution in [1.82, 2.24) is 19.9 Å². The number of hydrogen-bond acceptors (Lipinski definition) is 10. The Morgan fingerprint density at radius 2 is 1.81 bits per heavy atom. The first kappa shape index (κ1) is 28.8. The summed E-state index contributed by atoms with van der Waals surface area (Å²) < 4.78 is 23.3. The lowest BCUT2D eigenvalue weighted by atomic mass is 10.1. The highest BCUT2D eigenvalue weighted by Gasteiger charge is 2.17. The van der Waals surface area contributed by atoms with Gasteiger partial charge in [0.1, 0.15) is 23.0 Å². The van der Waals surface area contributed by atoms with E-state index in [9.17, 15) is 4.79 Å². The first-order valence-electron chi connectivity index (χ1n) is 14.9. The standard InChI is InChI=1S/C33H37N5O5/c1-40-31-21-26-28(22-32(31)42-17-5-12-37-15-18-41-19-16-37)34-11-10-30(26)43-25-9-8-24(35-23-25)20-29(39)27-6-4-7-33(36-27)38-13-2-3-14-38/h4,6-11,21-23H,2-3,5,12-20H2,1H3. The lowest BCUT2D eigenvalue weighted by Gasteiger charge is -2.26. The smallest absolute Gasteiger partial charge is 0.187 e. The number of anilines is 1. The van der Waals surface area contributed by atoms with Crippen LogP contribution in [0.2, 0.25) is 0 Å². The fourth-order valence-electron chi connectivity index (χ4n) is 5.44. The monoisotopic (exact) mass is 583 g/mol. The number of fused-ring (bicyclic) bond motifs is 1. The number of Topliss-reactive ketones (excluding diaryl/α,β-unsaturated/α-hetero) is 1. The van der Waals surface area contributed by atoms with Gasteiger partial charge in [0.05, 0.1) is 45.1 Å². The van der Waals surface area contributed by atoms with Crippen LogP contribution in [0.15, 0.2) is 60.9 Å². The molecule has 6 rings (SSSR count). The van der Waals surface area contributed by atoms with E-state index in [0.717, 1.165) is 81.9 Å². The van der Waals surface area contributed by atoms with Crippen LogP contribution in [0.5, 0.6) is 23.0 Å². The van der Waals surface area contributed by atoms with Gasteiger partial charge in [0.25, 0.3) is 0 Å². The van der Waals surface area contributed by atoms with Crippen LogP contribution in [0.3, 0.4) is 0 Å². The zero-order valence-electron chi connectivity index (χ0n) is 24.5. The molecule has 1 aromatic carbocycles. The van der Waals surface area contributed by atoms with Gasteiger partial charge in [0, 0.05) is 56.1 Å². The molecule has 10 heteroatoms. The fourth-order valence-corrected chi connectivity index (χ4v) is 5.44. The summed E-state index contributed by atoms with van der Waals surface area (Å²) in [7, 11) is 1.63. The normalized spacial score (nSPS) is 15.5. The van der Waals surface area contributed by atoms with Crippen LogP contribution in [0.1, 0.15) is 35.4 Å². The Morgan fingerprint density at radius 1 is 0.953 bits per heavy atom. The average Bonchev–Trinajstić information content (AvgIpc) is 3.60. The van der Waals surface area contributed by atoms with Crippen molar-refractivity contribution in [3.8, 4) is 23.0 Å². The van der Waals surface area contributed by atoms with Crippen LogP contribution in [-0.4, -0.2) is 85.3 Å². The molecule has 2 aliphatic rings. The fraction of sp³-hybridized carbons (Fsp3) is 0.394. The van der Waals surface area contributed by atoms with Crippen molar-refractivity contribution in [1.29, 1.82) is 0 Å². The zero-order valence-corrected chi connectivity index (χ0v) is 24.5. The van der Waals surface area contributed by atoms with Crippen LogP contribution in [0.4, 0.5) is 5.82 Å². The van der Waals surface area contributed by atoms with Gasteiger partial charge in [-0.2, -0.15) is 0 Å². The Morgan fingerprint density at radius 3 is 2.60 bits per heavy atom. The van der Waals surface area contributed by atoms with Crippen LogP contribution in [0, 0.1) is 0 Å². The average molecular weight is 584 g/mol. The molecule has 2 fully saturated rings. The van der Waals surface area contributed by atoms with Gasteiger partial charge < -0.3 is 23.8 Å². The number of benzene rings is 1. The number of pyridine rings is 3. The predicted molar refractivity (Wildman–Crippen MR) is 164 cm³/mol. The highest BCUT2D eigenvalue weighted by Crippen LogP contribution is 2.37. The van der Waals surface area contributed by atoms with E-state index < -0.39 is 0 Å². The molecule has 0 atom stereocenters. The number of ketones is 1. The second kappa shape index (κ2) is 13.8. The minimum Gasteiger partial charge on any atom is -0.493 e. The molecule has 3 aromatic heterocycles. The number of ether oxygens (including phenoxy) is 4. The van der Waals surface area contributed by atoms with E-state index in [1.807, 2.05) is 36.4 Å². The summed E-state index contributed by atoms with van der Waals surface area (Å²) in [5.41, 5.74) is 1.85. The van der Waals surface area contributed by atoms with E-state index in [0.29, 0.717) is 41.0 Å². The van der Waals surface area contributed by atoms with Crippen molar-refractivity contribution >= 4 is 22.5 Å². The van der Waals surface area contributed by atoms with E-state index in [-0.39, 0.29) is 12.2 Å². The molecule has 0 spiro atoms. The van der Waals surface area contributed by atoms with Gasteiger partial charge in [-0.25, -0.2) is 4.98 Å². The Labute approximate surface area is 251 Å². The van der Waals surface area contributed by atoms with Gasteiger partial charge in [0.15, 0.2) is 17.3 Å². The SMILES string of the molecule is COc1cc2c(Oc3ccc(CC(=O)c4cccc(N5CCCC5)n4)nc3)ccnc2cc1OCCCN1CCOCC1. The second-order valence-corrected chi connectivity index (χ2v) is 10.7. The lowest BCUT2D eigenvalue weighted by molar-refractivity contribution is 0.0357.